The predicted octanol–water partition coefficient (Wildman–Crippen LogP) is 1.62. The summed E-state index contributed by atoms with van der Waals surface area (Å²) in [5, 5.41) is 15.8. The summed E-state index contributed by atoms with van der Waals surface area (Å²) in [4.78, 5) is 6.59. The Labute approximate surface area is 177 Å². The number of hydrogen-bond acceptors (Lipinski definition) is 6. The Morgan fingerprint density at radius 2 is 1.97 bits per heavy atom. The van der Waals surface area contributed by atoms with Crippen LogP contribution in [0.25, 0.3) is 6.08 Å². The van der Waals surface area contributed by atoms with Gasteiger partial charge >= 0.3 is 5.90 Å². The second-order valence-electron chi connectivity index (χ2n) is 8.46. The highest BCUT2D eigenvalue weighted by molar-refractivity contribution is 6.00. The highest BCUT2D eigenvalue weighted by atomic mass is 19.1. The fourth-order valence-electron chi connectivity index (χ4n) is 4.54. The SMILES string of the molecule is CC(N)/N=C(\[OH2+])C1=Cc2cc(F)ccc2NC1N1CCC(NC2CCOCC2)CC1. The van der Waals surface area contributed by atoms with Crippen molar-refractivity contribution >= 4 is 17.7 Å². The lowest BCUT2D eigenvalue weighted by Gasteiger charge is -2.41. The zero-order valence-electron chi connectivity index (χ0n) is 17.5. The molecule has 7 nitrogen and oxygen atoms in total. The monoisotopic (exact) mass is 418 g/mol. The number of nitrogens with one attached hydrogen (secondary N) is 2. The molecular weight excluding hydrogens is 385 g/mol. The van der Waals surface area contributed by atoms with Gasteiger partial charge in [-0.3, -0.25) is 4.90 Å². The molecule has 2 unspecified atom stereocenters. The lowest BCUT2D eigenvalue weighted by molar-refractivity contribution is 0.0698. The van der Waals surface area contributed by atoms with Crippen LogP contribution in [-0.2, 0) is 4.74 Å². The second kappa shape index (κ2) is 9.43. The zero-order valence-corrected chi connectivity index (χ0v) is 17.5. The standard InChI is InChI=1S/C22H32FN5O2/c1-14(24)25-22(29)19-13-15-12-16(23)2-3-20(15)27-21(19)28-8-4-17(5-9-28)26-18-6-10-30-11-7-18/h2-3,12-14,17-18,21,26-27H,4-11,24H2,1H3,(H,25,29)/p+1. The van der Waals surface area contributed by atoms with E-state index in [1.807, 2.05) is 6.08 Å². The summed E-state index contributed by atoms with van der Waals surface area (Å²) in [5.41, 5.74) is 8.16. The molecule has 1 aromatic rings. The average molecular weight is 419 g/mol. The van der Waals surface area contributed by atoms with Gasteiger partial charge in [0.2, 0.25) is 0 Å². The number of halogens is 1. The van der Waals surface area contributed by atoms with Gasteiger partial charge in [-0.25, -0.2) is 4.39 Å². The van der Waals surface area contributed by atoms with Gasteiger partial charge in [-0.2, -0.15) is 4.99 Å². The van der Waals surface area contributed by atoms with E-state index >= 15 is 0 Å². The van der Waals surface area contributed by atoms with Gasteiger partial charge in [0.05, 0.1) is 0 Å². The molecule has 0 spiro atoms. The molecule has 30 heavy (non-hydrogen) atoms. The molecule has 0 aromatic heterocycles. The van der Waals surface area contributed by atoms with Gasteiger partial charge in [0.1, 0.15) is 23.7 Å². The normalized spacial score (nSPS) is 25.4. The summed E-state index contributed by atoms with van der Waals surface area (Å²) in [5.74, 6) is -0.139. The molecule has 0 aliphatic carbocycles. The molecule has 3 aliphatic heterocycles. The van der Waals surface area contributed by atoms with Crippen LogP contribution < -0.4 is 16.4 Å². The van der Waals surface area contributed by atoms with E-state index in [1.54, 1.807) is 13.0 Å². The van der Waals surface area contributed by atoms with E-state index in [9.17, 15) is 4.39 Å². The van der Waals surface area contributed by atoms with Crippen LogP contribution >= 0.6 is 0 Å². The van der Waals surface area contributed by atoms with Crippen LogP contribution in [0.15, 0.2) is 28.8 Å². The number of nitrogens with zero attached hydrogens (tertiary/aromatic N) is 2. The minimum absolute atomic E-state index is 0.153. The Kier molecular flexibility index (Phi) is 6.67. The molecule has 2 saturated heterocycles. The topological polar surface area (TPSA) is 97.8 Å². The molecule has 0 saturated carbocycles. The number of piperidine rings is 1. The maximum atomic E-state index is 13.7. The maximum absolute atomic E-state index is 13.7. The summed E-state index contributed by atoms with van der Waals surface area (Å²) >= 11 is 0. The predicted molar refractivity (Wildman–Crippen MR) is 118 cm³/mol. The van der Waals surface area contributed by atoms with E-state index in [2.05, 4.69) is 20.5 Å². The van der Waals surface area contributed by atoms with Crippen molar-refractivity contribution in [1.29, 1.82) is 0 Å². The number of nitrogens with two attached hydrogens (primary N) is 1. The molecule has 0 radical (unpaired) electrons. The van der Waals surface area contributed by atoms with Crippen molar-refractivity contribution in [2.45, 2.75) is 57.0 Å². The molecule has 2 fully saturated rings. The summed E-state index contributed by atoms with van der Waals surface area (Å²) in [6, 6.07) is 5.77. The van der Waals surface area contributed by atoms with Crippen molar-refractivity contribution in [2.75, 3.05) is 31.6 Å². The number of rotatable bonds is 5. The van der Waals surface area contributed by atoms with Crippen LogP contribution in [0.3, 0.4) is 0 Å². The van der Waals surface area contributed by atoms with Crippen molar-refractivity contribution in [3.05, 3.63) is 35.2 Å². The first kappa shape index (κ1) is 21.2. The molecule has 8 heteroatoms. The molecule has 164 valence electrons. The number of ether oxygens (including phenoxy) is 1. The minimum Gasteiger partial charge on any atom is -0.579 e. The Balaban J connectivity index is 1.47. The quantitative estimate of drug-likeness (QED) is 0.384. The summed E-state index contributed by atoms with van der Waals surface area (Å²) in [6.45, 7) is 5.28. The molecule has 4 rings (SSSR count). The molecule has 2 atom stereocenters. The number of aliphatic imine (C=N–C) groups is 1. The van der Waals surface area contributed by atoms with Crippen LogP contribution in [0, 0.1) is 5.82 Å². The van der Waals surface area contributed by atoms with Gasteiger partial charge < -0.3 is 26.2 Å². The average Bonchev–Trinajstić information content (AvgIpc) is 2.73. The van der Waals surface area contributed by atoms with Crippen LogP contribution in [0.2, 0.25) is 0 Å². The molecular formula is C22H33FN5O2+. The van der Waals surface area contributed by atoms with Gasteiger partial charge in [0, 0.05) is 49.6 Å². The van der Waals surface area contributed by atoms with Crippen molar-refractivity contribution in [1.82, 2.24) is 10.2 Å². The van der Waals surface area contributed by atoms with Gasteiger partial charge in [-0.15, -0.1) is 0 Å². The van der Waals surface area contributed by atoms with Crippen molar-refractivity contribution in [3.8, 4) is 0 Å². The fraction of sp³-hybridized carbons (Fsp3) is 0.591. The second-order valence-corrected chi connectivity index (χ2v) is 8.46. The molecule has 0 amide bonds. The molecule has 1 aromatic carbocycles. The molecule has 3 heterocycles. The first-order valence-electron chi connectivity index (χ1n) is 10.9. The third-order valence-corrected chi connectivity index (χ3v) is 6.10. The lowest BCUT2D eigenvalue weighted by Crippen LogP contribution is -2.53. The summed E-state index contributed by atoms with van der Waals surface area (Å²) < 4.78 is 19.2. The first-order chi connectivity index (χ1) is 14.5. The van der Waals surface area contributed by atoms with E-state index in [1.165, 1.54) is 12.1 Å². The van der Waals surface area contributed by atoms with Gasteiger partial charge in [-0.05, 0) is 56.9 Å². The van der Waals surface area contributed by atoms with Crippen LogP contribution in [0.5, 0.6) is 0 Å². The molecule has 3 aliphatic rings. The van der Waals surface area contributed by atoms with E-state index in [0.29, 0.717) is 12.1 Å². The van der Waals surface area contributed by atoms with Crippen LogP contribution in [-0.4, -0.2) is 66.6 Å². The smallest absolute Gasteiger partial charge is 0.360 e. The summed E-state index contributed by atoms with van der Waals surface area (Å²) in [6.07, 6.45) is 5.53. The van der Waals surface area contributed by atoms with E-state index < -0.39 is 6.17 Å². The van der Waals surface area contributed by atoms with Crippen molar-refractivity contribution < 1.29 is 14.2 Å². The van der Waals surface area contributed by atoms with Gasteiger partial charge in [-0.1, -0.05) is 0 Å². The number of benzene rings is 1. The van der Waals surface area contributed by atoms with Crippen molar-refractivity contribution in [3.63, 3.8) is 0 Å². The van der Waals surface area contributed by atoms with Crippen molar-refractivity contribution in [2.24, 2.45) is 10.7 Å². The van der Waals surface area contributed by atoms with Gasteiger partial charge in [0.25, 0.3) is 0 Å². The Bertz CT molecular complexity index is 799. The Hall–Kier alpha value is -2.00. The largest absolute Gasteiger partial charge is 0.579 e. The van der Waals surface area contributed by atoms with E-state index in [-0.39, 0.29) is 17.9 Å². The highest BCUT2D eigenvalue weighted by Gasteiger charge is 2.35. The van der Waals surface area contributed by atoms with Crippen LogP contribution in [0.4, 0.5) is 10.1 Å². The Morgan fingerprint density at radius 1 is 1.27 bits per heavy atom. The third kappa shape index (κ3) is 5.00. The minimum atomic E-state index is -0.456. The number of fused-ring (bicyclic) bond motifs is 1. The lowest BCUT2D eigenvalue weighted by atomic mass is 9.96. The Morgan fingerprint density at radius 3 is 2.67 bits per heavy atom. The molecule has 6 N–H and O–H groups in total. The maximum Gasteiger partial charge on any atom is 0.360 e. The fourth-order valence-corrected chi connectivity index (χ4v) is 4.54. The van der Waals surface area contributed by atoms with Crippen LogP contribution in [0.1, 0.15) is 38.2 Å². The first-order valence-corrected chi connectivity index (χ1v) is 10.9. The molecule has 0 bridgehead atoms. The van der Waals surface area contributed by atoms with Gasteiger partial charge in [0.15, 0.2) is 0 Å². The number of likely N-dealkylation sites (tertiary alicyclic amines) is 1. The van der Waals surface area contributed by atoms with E-state index in [4.69, 9.17) is 15.6 Å². The third-order valence-electron chi connectivity index (χ3n) is 6.10. The number of hydrogen-bond donors (Lipinski definition) is 3. The summed E-state index contributed by atoms with van der Waals surface area (Å²) in [7, 11) is 0. The zero-order chi connectivity index (χ0) is 21.1. The highest BCUT2D eigenvalue weighted by Crippen LogP contribution is 2.31. The number of anilines is 1. The van der Waals surface area contributed by atoms with E-state index in [0.717, 1.165) is 68.8 Å².